The van der Waals surface area contributed by atoms with Gasteiger partial charge in [-0.3, -0.25) is 4.99 Å². The topological polar surface area (TPSA) is 62.4 Å². The van der Waals surface area contributed by atoms with E-state index in [2.05, 4.69) is 15.6 Å². The minimum atomic E-state index is 0.813. The van der Waals surface area contributed by atoms with E-state index in [1.54, 1.807) is 0 Å². The Labute approximate surface area is 112 Å². The van der Waals surface area contributed by atoms with Crippen molar-refractivity contribution in [2.24, 2.45) is 10.7 Å². The van der Waals surface area contributed by atoms with Crippen LogP contribution in [0.5, 0.6) is 0 Å². The van der Waals surface area contributed by atoms with Crippen molar-refractivity contribution >= 4 is 5.84 Å². The average molecular weight is 254 g/mol. The molecule has 0 atom stereocenters. The number of nitrogens with one attached hydrogen (secondary N) is 2. The molecule has 1 heterocycles. The summed E-state index contributed by atoms with van der Waals surface area (Å²) in [4.78, 5) is 4.57. The molecule has 18 heavy (non-hydrogen) atoms. The number of rotatable bonds is 9. The van der Waals surface area contributed by atoms with Crippen molar-refractivity contribution in [2.45, 2.75) is 51.4 Å². The molecule has 0 spiro atoms. The highest BCUT2D eigenvalue weighted by Gasteiger charge is 2.02. The van der Waals surface area contributed by atoms with Crippen molar-refractivity contribution < 1.29 is 0 Å². The van der Waals surface area contributed by atoms with E-state index in [4.69, 9.17) is 5.73 Å². The molecular weight excluding hydrogens is 224 g/mol. The van der Waals surface area contributed by atoms with Gasteiger partial charge in [-0.1, -0.05) is 6.42 Å². The van der Waals surface area contributed by atoms with Gasteiger partial charge in [-0.2, -0.15) is 0 Å². The summed E-state index contributed by atoms with van der Waals surface area (Å²) in [6.07, 6.45) is 9.84. The highest BCUT2D eigenvalue weighted by atomic mass is 15.0. The maximum atomic E-state index is 5.44. The van der Waals surface area contributed by atoms with E-state index >= 15 is 0 Å². The summed E-state index contributed by atoms with van der Waals surface area (Å²) in [5, 5.41) is 6.93. The number of hydrogen-bond donors (Lipinski definition) is 3. The summed E-state index contributed by atoms with van der Waals surface area (Å²) in [6.45, 7) is 5.14. The first-order valence-corrected chi connectivity index (χ1v) is 7.61. The fourth-order valence-corrected chi connectivity index (χ4v) is 2.15. The van der Waals surface area contributed by atoms with Gasteiger partial charge in [-0.15, -0.1) is 0 Å². The van der Waals surface area contributed by atoms with Crippen LogP contribution in [-0.2, 0) is 0 Å². The van der Waals surface area contributed by atoms with Crippen LogP contribution in [0.2, 0.25) is 0 Å². The van der Waals surface area contributed by atoms with E-state index in [9.17, 15) is 0 Å². The van der Waals surface area contributed by atoms with Crippen molar-refractivity contribution in [3.63, 3.8) is 0 Å². The van der Waals surface area contributed by atoms with Gasteiger partial charge in [-0.05, 0) is 58.2 Å². The average Bonchev–Trinajstić information content (AvgIpc) is 2.65. The molecule has 106 valence electrons. The number of unbranched alkanes of at least 4 members (excludes halogenated alkanes) is 2. The lowest BCUT2D eigenvalue weighted by Gasteiger charge is -2.08. The third-order valence-corrected chi connectivity index (χ3v) is 3.29. The molecule has 0 aromatic heterocycles. The number of hydrogen-bond acceptors (Lipinski definition) is 4. The lowest BCUT2D eigenvalue weighted by molar-refractivity contribution is 0.588. The predicted octanol–water partition coefficient (Wildman–Crippen LogP) is 1.66. The Morgan fingerprint density at radius 3 is 2.56 bits per heavy atom. The van der Waals surface area contributed by atoms with Gasteiger partial charge in [0.2, 0.25) is 0 Å². The summed E-state index contributed by atoms with van der Waals surface area (Å²) in [6, 6.07) is 0. The highest BCUT2D eigenvalue weighted by Crippen LogP contribution is 2.05. The minimum absolute atomic E-state index is 0.813. The summed E-state index contributed by atoms with van der Waals surface area (Å²) in [5.74, 6) is 1.24. The number of amidine groups is 1. The Bertz CT molecular complexity index is 216. The van der Waals surface area contributed by atoms with E-state index in [1.165, 1.54) is 44.4 Å². The van der Waals surface area contributed by atoms with Crippen molar-refractivity contribution in [3.05, 3.63) is 0 Å². The van der Waals surface area contributed by atoms with Crippen LogP contribution in [0, 0.1) is 0 Å². The van der Waals surface area contributed by atoms with Gasteiger partial charge < -0.3 is 16.4 Å². The third kappa shape index (κ3) is 8.48. The van der Waals surface area contributed by atoms with Gasteiger partial charge in [0.25, 0.3) is 0 Å². The van der Waals surface area contributed by atoms with Gasteiger partial charge in [0, 0.05) is 19.5 Å². The molecule has 0 radical (unpaired) electrons. The van der Waals surface area contributed by atoms with Gasteiger partial charge in [-0.25, -0.2) is 0 Å². The lowest BCUT2D eigenvalue weighted by atomic mass is 10.2. The Morgan fingerprint density at radius 2 is 1.72 bits per heavy atom. The standard InChI is InChI=1S/C14H30N4/c15-9-3-5-10-16-11-6-7-13-18-14-8-2-1-4-12-17-14/h16H,1-13,15H2,(H,17,18). The second kappa shape index (κ2) is 11.5. The van der Waals surface area contributed by atoms with E-state index in [0.717, 1.165) is 45.6 Å². The quantitative estimate of drug-likeness (QED) is 0.548. The van der Waals surface area contributed by atoms with Crippen LogP contribution in [-0.4, -0.2) is 38.6 Å². The molecule has 1 aliphatic rings. The molecule has 4 N–H and O–H groups in total. The third-order valence-electron chi connectivity index (χ3n) is 3.29. The summed E-state index contributed by atoms with van der Waals surface area (Å²) >= 11 is 0. The number of aliphatic imine (C=N–C) groups is 1. The van der Waals surface area contributed by atoms with E-state index in [-0.39, 0.29) is 0 Å². The zero-order valence-corrected chi connectivity index (χ0v) is 11.7. The molecule has 0 unspecified atom stereocenters. The molecule has 0 saturated heterocycles. The first-order valence-electron chi connectivity index (χ1n) is 7.61. The Kier molecular flexibility index (Phi) is 9.85. The van der Waals surface area contributed by atoms with Crippen molar-refractivity contribution in [1.82, 2.24) is 10.6 Å². The SMILES string of the molecule is NCCCCNCCCCNC1=NCCCCC1. The van der Waals surface area contributed by atoms with Crippen LogP contribution in [0.4, 0.5) is 0 Å². The molecule has 1 rings (SSSR count). The molecule has 0 bridgehead atoms. The second-order valence-electron chi connectivity index (χ2n) is 5.02. The molecule has 0 aromatic carbocycles. The van der Waals surface area contributed by atoms with Crippen molar-refractivity contribution in [2.75, 3.05) is 32.7 Å². The second-order valence-corrected chi connectivity index (χ2v) is 5.02. The lowest BCUT2D eigenvalue weighted by Crippen LogP contribution is -2.25. The van der Waals surface area contributed by atoms with Crippen LogP contribution in [0.25, 0.3) is 0 Å². The van der Waals surface area contributed by atoms with Crippen LogP contribution >= 0.6 is 0 Å². The fourth-order valence-electron chi connectivity index (χ4n) is 2.15. The predicted molar refractivity (Wildman–Crippen MR) is 79.2 cm³/mol. The van der Waals surface area contributed by atoms with Gasteiger partial charge >= 0.3 is 0 Å². The molecule has 0 amide bonds. The van der Waals surface area contributed by atoms with Crippen LogP contribution < -0.4 is 16.4 Å². The largest absolute Gasteiger partial charge is 0.374 e. The van der Waals surface area contributed by atoms with Gasteiger partial charge in [0.1, 0.15) is 0 Å². The van der Waals surface area contributed by atoms with Gasteiger partial charge in [0.15, 0.2) is 0 Å². The summed E-state index contributed by atoms with van der Waals surface area (Å²) in [5.41, 5.74) is 5.44. The zero-order chi connectivity index (χ0) is 12.9. The fraction of sp³-hybridized carbons (Fsp3) is 0.929. The summed E-state index contributed by atoms with van der Waals surface area (Å²) < 4.78 is 0. The van der Waals surface area contributed by atoms with Crippen LogP contribution in [0.1, 0.15) is 51.4 Å². The Balaban J connectivity index is 1.84. The molecular formula is C14H30N4. The molecule has 1 aliphatic heterocycles. The maximum Gasteiger partial charge on any atom is 0.0963 e. The molecule has 0 aliphatic carbocycles. The number of nitrogens with two attached hydrogens (primary N) is 1. The summed E-state index contributed by atoms with van der Waals surface area (Å²) in [7, 11) is 0. The molecule has 4 nitrogen and oxygen atoms in total. The maximum absolute atomic E-state index is 5.44. The van der Waals surface area contributed by atoms with Gasteiger partial charge in [0.05, 0.1) is 5.84 Å². The van der Waals surface area contributed by atoms with E-state index in [0.29, 0.717) is 0 Å². The molecule has 4 heteroatoms. The minimum Gasteiger partial charge on any atom is -0.374 e. The molecule has 0 saturated carbocycles. The van der Waals surface area contributed by atoms with Crippen molar-refractivity contribution in [3.8, 4) is 0 Å². The van der Waals surface area contributed by atoms with Crippen molar-refractivity contribution in [1.29, 1.82) is 0 Å². The number of nitrogens with zero attached hydrogens (tertiary/aromatic N) is 1. The first-order chi connectivity index (χ1) is 8.93. The Morgan fingerprint density at radius 1 is 0.944 bits per heavy atom. The zero-order valence-electron chi connectivity index (χ0n) is 11.7. The van der Waals surface area contributed by atoms with E-state index < -0.39 is 0 Å². The molecule has 0 fully saturated rings. The highest BCUT2D eigenvalue weighted by molar-refractivity contribution is 5.82. The Hall–Kier alpha value is -0.610. The normalized spacial score (nSPS) is 16.2. The first kappa shape index (κ1) is 15.4. The molecule has 0 aromatic rings. The van der Waals surface area contributed by atoms with Crippen LogP contribution in [0.3, 0.4) is 0 Å². The van der Waals surface area contributed by atoms with Crippen LogP contribution in [0.15, 0.2) is 4.99 Å². The smallest absolute Gasteiger partial charge is 0.0963 e. The monoisotopic (exact) mass is 254 g/mol. The van der Waals surface area contributed by atoms with E-state index in [1.807, 2.05) is 0 Å².